The monoisotopic (exact) mass is 362 g/mol. The Morgan fingerprint density at radius 1 is 1.29 bits per heavy atom. The minimum atomic E-state index is -0.0729. The Hall–Kier alpha value is -1.72. The molecular weight excluding hydrogens is 348 g/mol. The summed E-state index contributed by atoms with van der Waals surface area (Å²) >= 11 is 8.35. The first-order chi connectivity index (χ1) is 9.95. The predicted molar refractivity (Wildman–Crippen MR) is 93.5 cm³/mol. The van der Waals surface area contributed by atoms with Gasteiger partial charge in [0.25, 0.3) is 0 Å². The Labute approximate surface area is 137 Å². The van der Waals surface area contributed by atoms with Crippen molar-refractivity contribution in [1.82, 2.24) is 0 Å². The van der Waals surface area contributed by atoms with Gasteiger partial charge in [-0.2, -0.15) is 0 Å². The van der Waals surface area contributed by atoms with Gasteiger partial charge in [-0.3, -0.25) is 4.79 Å². The van der Waals surface area contributed by atoms with E-state index in [9.17, 15) is 4.79 Å². The van der Waals surface area contributed by atoms with Crippen molar-refractivity contribution in [2.24, 2.45) is 5.73 Å². The molecule has 21 heavy (non-hydrogen) atoms. The number of carbonyl (C=O) groups excluding carboxylic acids is 1. The maximum atomic E-state index is 12.1. The number of thiocarbonyl (C=S) groups is 1. The Kier molecular flexibility index (Phi) is 5.09. The molecule has 3 nitrogen and oxygen atoms in total. The van der Waals surface area contributed by atoms with Crippen LogP contribution in [-0.2, 0) is 11.2 Å². The van der Waals surface area contributed by atoms with Gasteiger partial charge in [0.1, 0.15) is 4.99 Å². The number of benzene rings is 2. The smallest absolute Gasteiger partial charge is 0.228 e. The van der Waals surface area contributed by atoms with Crippen LogP contribution in [0.15, 0.2) is 46.9 Å². The number of aryl methyl sites for hydroxylation is 1. The first-order valence-corrected chi connectivity index (χ1v) is 7.60. The fraction of sp³-hybridized carbons (Fsp3) is 0.125. The van der Waals surface area contributed by atoms with Crippen LogP contribution in [0.2, 0.25) is 0 Å². The molecule has 0 atom stereocenters. The van der Waals surface area contributed by atoms with Gasteiger partial charge in [0.2, 0.25) is 5.91 Å². The van der Waals surface area contributed by atoms with Crippen LogP contribution in [0.1, 0.15) is 16.7 Å². The summed E-state index contributed by atoms with van der Waals surface area (Å²) in [5.74, 6) is -0.0729. The Morgan fingerprint density at radius 2 is 2.05 bits per heavy atom. The van der Waals surface area contributed by atoms with E-state index in [0.29, 0.717) is 11.4 Å². The molecule has 108 valence electrons. The summed E-state index contributed by atoms with van der Waals surface area (Å²) in [5, 5.41) is 2.90. The molecule has 0 aliphatic heterocycles. The van der Waals surface area contributed by atoms with E-state index in [1.165, 1.54) is 0 Å². The number of nitrogens with two attached hydrogens (primary N) is 1. The highest BCUT2D eigenvalue weighted by Gasteiger charge is 2.08. The number of amides is 1. The number of hydrogen-bond donors (Lipinski definition) is 2. The molecule has 0 radical (unpaired) electrons. The third-order valence-electron chi connectivity index (χ3n) is 3.05. The number of nitrogens with one attached hydrogen (secondary N) is 1. The molecule has 0 spiro atoms. The van der Waals surface area contributed by atoms with E-state index in [4.69, 9.17) is 18.0 Å². The largest absolute Gasteiger partial charge is 0.389 e. The zero-order chi connectivity index (χ0) is 15.4. The van der Waals surface area contributed by atoms with Crippen molar-refractivity contribution < 1.29 is 4.79 Å². The summed E-state index contributed by atoms with van der Waals surface area (Å²) in [5.41, 5.74) is 9.02. The zero-order valence-corrected chi connectivity index (χ0v) is 13.9. The van der Waals surface area contributed by atoms with Gasteiger partial charge in [-0.05, 0) is 36.2 Å². The molecule has 0 unspecified atom stereocenters. The lowest BCUT2D eigenvalue weighted by atomic mass is 10.1. The Balaban J connectivity index is 2.12. The highest BCUT2D eigenvalue weighted by atomic mass is 79.9. The summed E-state index contributed by atoms with van der Waals surface area (Å²) in [6.45, 7) is 1.93. The van der Waals surface area contributed by atoms with E-state index in [0.717, 1.165) is 26.9 Å². The molecule has 2 aromatic carbocycles. The van der Waals surface area contributed by atoms with Crippen molar-refractivity contribution in [3.63, 3.8) is 0 Å². The van der Waals surface area contributed by atoms with Crippen molar-refractivity contribution in [2.45, 2.75) is 13.3 Å². The summed E-state index contributed by atoms with van der Waals surface area (Å²) < 4.78 is 0.958. The first kappa shape index (κ1) is 15.7. The van der Waals surface area contributed by atoms with E-state index in [1.807, 2.05) is 43.3 Å². The topological polar surface area (TPSA) is 55.1 Å². The van der Waals surface area contributed by atoms with E-state index < -0.39 is 0 Å². The molecule has 0 bridgehead atoms. The molecular formula is C16H15BrN2OS. The van der Waals surface area contributed by atoms with Gasteiger partial charge < -0.3 is 11.1 Å². The molecule has 0 fully saturated rings. The SMILES string of the molecule is Cc1ccc(C(N)=S)cc1NC(=O)Cc1cccc(Br)c1. The van der Waals surface area contributed by atoms with Gasteiger partial charge in [-0.1, -0.05) is 52.4 Å². The van der Waals surface area contributed by atoms with Gasteiger partial charge in [0.15, 0.2) is 0 Å². The van der Waals surface area contributed by atoms with Gasteiger partial charge in [0, 0.05) is 15.7 Å². The lowest BCUT2D eigenvalue weighted by Crippen LogP contribution is -2.16. The van der Waals surface area contributed by atoms with Crippen molar-refractivity contribution in [3.05, 3.63) is 63.6 Å². The maximum Gasteiger partial charge on any atom is 0.228 e. The summed E-state index contributed by atoms with van der Waals surface area (Å²) in [6, 6.07) is 13.2. The first-order valence-electron chi connectivity index (χ1n) is 6.40. The molecule has 2 aromatic rings. The van der Waals surface area contributed by atoms with Crippen molar-refractivity contribution in [1.29, 1.82) is 0 Å². The van der Waals surface area contributed by atoms with Crippen LogP contribution < -0.4 is 11.1 Å². The molecule has 0 aliphatic rings. The van der Waals surface area contributed by atoms with Crippen LogP contribution in [-0.4, -0.2) is 10.9 Å². The molecule has 0 aliphatic carbocycles. The number of hydrogen-bond acceptors (Lipinski definition) is 2. The lowest BCUT2D eigenvalue weighted by Gasteiger charge is -2.10. The van der Waals surface area contributed by atoms with Crippen LogP contribution in [0.5, 0.6) is 0 Å². The average molecular weight is 363 g/mol. The van der Waals surface area contributed by atoms with Gasteiger partial charge in [-0.25, -0.2) is 0 Å². The molecule has 0 saturated heterocycles. The third kappa shape index (κ3) is 4.37. The predicted octanol–water partition coefficient (Wildman–Crippen LogP) is 3.57. The van der Waals surface area contributed by atoms with Crippen molar-refractivity contribution in [2.75, 3.05) is 5.32 Å². The Morgan fingerprint density at radius 3 is 2.71 bits per heavy atom. The quantitative estimate of drug-likeness (QED) is 0.817. The zero-order valence-electron chi connectivity index (χ0n) is 11.5. The van der Waals surface area contributed by atoms with Gasteiger partial charge in [-0.15, -0.1) is 0 Å². The highest BCUT2D eigenvalue weighted by molar-refractivity contribution is 9.10. The van der Waals surface area contributed by atoms with Gasteiger partial charge >= 0.3 is 0 Å². The average Bonchev–Trinajstić information content (AvgIpc) is 2.41. The van der Waals surface area contributed by atoms with E-state index >= 15 is 0 Å². The molecule has 0 saturated carbocycles. The Bertz CT molecular complexity index is 700. The number of anilines is 1. The summed E-state index contributed by atoms with van der Waals surface area (Å²) in [6.07, 6.45) is 0.316. The van der Waals surface area contributed by atoms with Crippen LogP contribution in [0.25, 0.3) is 0 Å². The summed E-state index contributed by atoms with van der Waals surface area (Å²) in [4.78, 5) is 12.5. The molecule has 0 aromatic heterocycles. The van der Waals surface area contributed by atoms with Crippen LogP contribution >= 0.6 is 28.1 Å². The lowest BCUT2D eigenvalue weighted by molar-refractivity contribution is -0.115. The van der Waals surface area contributed by atoms with E-state index in [-0.39, 0.29) is 5.91 Å². The van der Waals surface area contributed by atoms with Crippen LogP contribution in [0.4, 0.5) is 5.69 Å². The van der Waals surface area contributed by atoms with Crippen LogP contribution in [0, 0.1) is 6.92 Å². The molecule has 1 amide bonds. The van der Waals surface area contributed by atoms with Crippen molar-refractivity contribution >= 4 is 44.7 Å². The third-order valence-corrected chi connectivity index (χ3v) is 3.78. The fourth-order valence-electron chi connectivity index (χ4n) is 1.94. The number of rotatable bonds is 4. The molecule has 5 heteroatoms. The fourth-order valence-corrected chi connectivity index (χ4v) is 2.51. The number of carbonyl (C=O) groups is 1. The van der Waals surface area contributed by atoms with E-state index in [2.05, 4.69) is 21.2 Å². The highest BCUT2D eigenvalue weighted by Crippen LogP contribution is 2.18. The minimum Gasteiger partial charge on any atom is -0.389 e. The maximum absolute atomic E-state index is 12.1. The van der Waals surface area contributed by atoms with Crippen molar-refractivity contribution in [3.8, 4) is 0 Å². The molecule has 0 heterocycles. The van der Waals surface area contributed by atoms with E-state index in [1.54, 1.807) is 6.07 Å². The number of halogens is 1. The molecule has 2 rings (SSSR count). The minimum absolute atomic E-state index is 0.0729. The van der Waals surface area contributed by atoms with Gasteiger partial charge in [0.05, 0.1) is 6.42 Å². The standard InChI is InChI=1S/C16H15BrN2OS/c1-10-5-6-12(16(18)21)9-14(10)19-15(20)8-11-3-2-4-13(17)7-11/h2-7,9H,8H2,1H3,(H2,18,21)(H,19,20). The summed E-state index contributed by atoms with van der Waals surface area (Å²) in [7, 11) is 0. The normalized spacial score (nSPS) is 10.2. The second-order valence-electron chi connectivity index (χ2n) is 4.75. The second-order valence-corrected chi connectivity index (χ2v) is 6.10. The molecule has 3 N–H and O–H groups in total. The van der Waals surface area contributed by atoms with Crippen LogP contribution in [0.3, 0.4) is 0 Å². The second kappa shape index (κ2) is 6.83.